The molecule has 0 heterocycles. The Balaban J connectivity index is 2.39. The van der Waals surface area contributed by atoms with Gasteiger partial charge in [0.05, 0.1) is 32.6 Å². The SMILES string of the molecule is COc1ccc(C(=O)Nc2ccc(F)cc2F)c(OC)c1OC. The van der Waals surface area contributed by atoms with Gasteiger partial charge in [-0.3, -0.25) is 4.79 Å². The van der Waals surface area contributed by atoms with Crippen LogP contribution in [0.5, 0.6) is 17.2 Å². The van der Waals surface area contributed by atoms with Crippen LogP contribution in [0.1, 0.15) is 10.4 Å². The van der Waals surface area contributed by atoms with Crippen molar-refractivity contribution in [1.82, 2.24) is 0 Å². The maximum absolute atomic E-state index is 13.6. The van der Waals surface area contributed by atoms with Gasteiger partial charge in [0.1, 0.15) is 11.6 Å². The van der Waals surface area contributed by atoms with Gasteiger partial charge in [-0.25, -0.2) is 8.78 Å². The van der Waals surface area contributed by atoms with Gasteiger partial charge in [-0.2, -0.15) is 0 Å². The van der Waals surface area contributed by atoms with Gasteiger partial charge in [0.15, 0.2) is 11.5 Å². The van der Waals surface area contributed by atoms with Crippen molar-refractivity contribution < 1.29 is 27.8 Å². The predicted molar refractivity (Wildman–Crippen MR) is 80.4 cm³/mol. The number of carbonyl (C=O) groups excluding carboxylic acids is 1. The third-order valence-electron chi connectivity index (χ3n) is 3.13. The molecule has 122 valence electrons. The van der Waals surface area contributed by atoms with Gasteiger partial charge in [-0.15, -0.1) is 0 Å². The second-order valence-corrected chi connectivity index (χ2v) is 4.46. The highest BCUT2D eigenvalue weighted by molar-refractivity contribution is 6.07. The molecule has 0 spiro atoms. The monoisotopic (exact) mass is 323 g/mol. The summed E-state index contributed by atoms with van der Waals surface area (Å²) in [7, 11) is 4.22. The fraction of sp³-hybridized carbons (Fsp3) is 0.188. The molecule has 0 radical (unpaired) electrons. The number of carbonyl (C=O) groups is 1. The number of ether oxygens (including phenoxy) is 3. The number of anilines is 1. The van der Waals surface area contributed by atoms with E-state index in [4.69, 9.17) is 14.2 Å². The molecule has 2 aromatic rings. The number of benzene rings is 2. The Hall–Kier alpha value is -2.83. The Labute approximate surface area is 131 Å². The highest BCUT2D eigenvalue weighted by Crippen LogP contribution is 2.40. The summed E-state index contributed by atoms with van der Waals surface area (Å²) >= 11 is 0. The zero-order chi connectivity index (χ0) is 17.0. The van der Waals surface area contributed by atoms with E-state index in [1.807, 2.05) is 0 Å². The lowest BCUT2D eigenvalue weighted by Gasteiger charge is -2.15. The molecule has 1 amide bonds. The minimum atomic E-state index is -0.877. The zero-order valence-electron chi connectivity index (χ0n) is 12.8. The van der Waals surface area contributed by atoms with Crippen LogP contribution in [0.15, 0.2) is 30.3 Å². The van der Waals surface area contributed by atoms with E-state index in [2.05, 4.69) is 5.32 Å². The molecule has 23 heavy (non-hydrogen) atoms. The van der Waals surface area contributed by atoms with Crippen LogP contribution in [-0.2, 0) is 0 Å². The van der Waals surface area contributed by atoms with Crippen LogP contribution in [0.4, 0.5) is 14.5 Å². The molecule has 0 unspecified atom stereocenters. The van der Waals surface area contributed by atoms with Crippen LogP contribution < -0.4 is 19.5 Å². The van der Waals surface area contributed by atoms with E-state index in [-0.39, 0.29) is 22.7 Å². The third-order valence-corrected chi connectivity index (χ3v) is 3.13. The maximum Gasteiger partial charge on any atom is 0.259 e. The van der Waals surface area contributed by atoms with Gasteiger partial charge in [0.2, 0.25) is 5.75 Å². The number of hydrogen-bond acceptors (Lipinski definition) is 4. The van der Waals surface area contributed by atoms with Gasteiger partial charge in [0.25, 0.3) is 5.91 Å². The van der Waals surface area contributed by atoms with Crippen molar-refractivity contribution in [2.75, 3.05) is 26.6 Å². The minimum absolute atomic E-state index is 0.119. The van der Waals surface area contributed by atoms with E-state index in [0.717, 1.165) is 12.1 Å². The number of halogens is 2. The average molecular weight is 323 g/mol. The van der Waals surface area contributed by atoms with Gasteiger partial charge < -0.3 is 19.5 Å². The van der Waals surface area contributed by atoms with Gasteiger partial charge in [-0.1, -0.05) is 0 Å². The molecule has 1 N–H and O–H groups in total. The van der Waals surface area contributed by atoms with Crippen LogP contribution in [0.3, 0.4) is 0 Å². The van der Waals surface area contributed by atoms with Crippen LogP contribution >= 0.6 is 0 Å². The molecule has 0 aliphatic rings. The van der Waals surface area contributed by atoms with Crippen LogP contribution in [-0.4, -0.2) is 27.2 Å². The minimum Gasteiger partial charge on any atom is -0.493 e. The molecule has 0 bridgehead atoms. The van der Waals surface area contributed by atoms with E-state index >= 15 is 0 Å². The summed E-state index contributed by atoms with van der Waals surface area (Å²) in [6, 6.07) is 5.84. The van der Waals surface area contributed by atoms with Crippen molar-refractivity contribution in [3.63, 3.8) is 0 Å². The molecule has 2 rings (SSSR count). The molecular formula is C16H15F2NO4. The summed E-state index contributed by atoms with van der Waals surface area (Å²) < 4.78 is 42.1. The number of hydrogen-bond donors (Lipinski definition) is 1. The van der Waals surface area contributed by atoms with E-state index in [0.29, 0.717) is 11.8 Å². The highest BCUT2D eigenvalue weighted by atomic mass is 19.1. The molecule has 5 nitrogen and oxygen atoms in total. The third kappa shape index (κ3) is 3.33. The van der Waals surface area contributed by atoms with Crippen molar-refractivity contribution in [3.05, 3.63) is 47.5 Å². The Kier molecular flexibility index (Phi) is 5.00. The van der Waals surface area contributed by atoms with Crippen molar-refractivity contribution in [3.8, 4) is 17.2 Å². The van der Waals surface area contributed by atoms with E-state index < -0.39 is 17.5 Å². The lowest BCUT2D eigenvalue weighted by Crippen LogP contribution is -2.15. The van der Waals surface area contributed by atoms with Crippen molar-refractivity contribution in [1.29, 1.82) is 0 Å². The number of nitrogens with one attached hydrogen (secondary N) is 1. The Morgan fingerprint density at radius 3 is 2.22 bits per heavy atom. The van der Waals surface area contributed by atoms with Crippen molar-refractivity contribution in [2.45, 2.75) is 0 Å². The Bertz CT molecular complexity index is 734. The first kappa shape index (κ1) is 16.5. The number of rotatable bonds is 5. The van der Waals surface area contributed by atoms with E-state index in [1.54, 1.807) is 0 Å². The molecule has 0 aromatic heterocycles. The highest BCUT2D eigenvalue weighted by Gasteiger charge is 2.21. The molecule has 0 fully saturated rings. The molecule has 7 heteroatoms. The second kappa shape index (κ2) is 6.95. The fourth-order valence-corrected chi connectivity index (χ4v) is 2.06. The summed E-state index contributed by atoms with van der Waals surface area (Å²) in [5.41, 5.74) is -0.0258. The first-order valence-electron chi connectivity index (χ1n) is 6.57. The van der Waals surface area contributed by atoms with E-state index in [9.17, 15) is 13.6 Å². The number of methoxy groups -OCH3 is 3. The molecule has 0 saturated carbocycles. The van der Waals surface area contributed by atoms with Gasteiger partial charge >= 0.3 is 0 Å². The van der Waals surface area contributed by atoms with Gasteiger partial charge in [-0.05, 0) is 24.3 Å². The summed E-state index contributed by atoms with van der Waals surface area (Å²) in [5.74, 6) is -1.47. The fourth-order valence-electron chi connectivity index (χ4n) is 2.06. The van der Waals surface area contributed by atoms with Gasteiger partial charge in [0, 0.05) is 6.07 Å². The first-order valence-corrected chi connectivity index (χ1v) is 6.57. The normalized spacial score (nSPS) is 10.1. The summed E-state index contributed by atoms with van der Waals surface area (Å²) in [4.78, 5) is 12.4. The second-order valence-electron chi connectivity index (χ2n) is 4.46. The molecule has 0 saturated heterocycles. The molecule has 0 aliphatic heterocycles. The zero-order valence-corrected chi connectivity index (χ0v) is 12.8. The molecular weight excluding hydrogens is 308 g/mol. The van der Waals surface area contributed by atoms with Crippen LogP contribution in [0, 0.1) is 11.6 Å². The topological polar surface area (TPSA) is 56.8 Å². The van der Waals surface area contributed by atoms with Crippen LogP contribution in [0.25, 0.3) is 0 Å². The summed E-state index contributed by atoms with van der Waals surface area (Å²) in [5, 5.41) is 2.36. The first-order chi connectivity index (χ1) is 11.0. The quantitative estimate of drug-likeness (QED) is 0.918. The van der Waals surface area contributed by atoms with Crippen molar-refractivity contribution in [2.24, 2.45) is 0 Å². The smallest absolute Gasteiger partial charge is 0.259 e. The summed E-state index contributed by atoms with van der Waals surface area (Å²) in [6.07, 6.45) is 0. The molecule has 0 aliphatic carbocycles. The lowest BCUT2D eigenvalue weighted by atomic mass is 10.1. The average Bonchev–Trinajstić information content (AvgIpc) is 2.55. The van der Waals surface area contributed by atoms with E-state index in [1.165, 1.54) is 33.5 Å². The molecule has 2 aromatic carbocycles. The largest absolute Gasteiger partial charge is 0.493 e. The standard InChI is InChI=1S/C16H15F2NO4/c1-21-13-7-5-10(14(22-2)15(13)23-3)16(20)19-12-6-4-9(17)8-11(12)18/h4-8H,1-3H3,(H,19,20). The predicted octanol–water partition coefficient (Wildman–Crippen LogP) is 3.24. The maximum atomic E-state index is 13.6. The van der Waals surface area contributed by atoms with Crippen molar-refractivity contribution >= 4 is 11.6 Å². The molecule has 0 atom stereocenters. The summed E-state index contributed by atoms with van der Waals surface area (Å²) in [6.45, 7) is 0. The number of amides is 1. The van der Waals surface area contributed by atoms with Crippen LogP contribution in [0.2, 0.25) is 0 Å². The Morgan fingerprint density at radius 1 is 0.957 bits per heavy atom. The Morgan fingerprint density at radius 2 is 1.65 bits per heavy atom. The lowest BCUT2D eigenvalue weighted by molar-refractivity contribution is 0.102.